The highest BCUT2D eigenvalue weighted by molar-refractivity contribution is 5.42. The summed E-state index contributed by atoms with van der Waals surface area (Å²) in [6.07, 6.45) is 1.78. The lowest BCUT2D eigenvalue weighted by atomic mass is 10.1. The number of nitrogens with two attached hydrogens (primary N) is 1. The Morgan fingerprint density at radius 2 is 2.25 bits per heavy atom. The van der Waals surface area contributed by atoms with Crippen LogP contribution in [0, 0.1) is 6.92 Å². The van der Waals surface area contributed by atoms with Gasteiger partial charge in [-0.3, -0.25) is 0 Å². The second-order valence-electron chi connectivity index (χ2n) is 3.00. The highest BCUT2D eigenvalue weighted by Crippen LogP contribution is 2.18. The van der Waals surface area contributed by atoms with Gasteiger partial charge in [0, 0.05) is 17.8 Å². The molecule has 3 nitrogen and oxygen atoms in total. The molecule has 0 aliphatic heterocycles. The average molecular weight is 165 g/mol. The minimum atomic E-state index is 0.261. The van der Waals surface area contributed by atoms with Crippen LogP contribution in [0.5, 0.6) is 0 Å². The van der Waals surface area contributed by atoms with Crippen LogP contribution in [0.1, 0.15) is 24.1 Å². The molecule has 1 heterocycles. The molecule has 0 aliphatic carbocycles. The summed E-state index contributed by atoms with van der Waals surface area (Å²) in [5.41, 5.74) is 7.92. The molecule has 1 atom stereocenters. The average Bonchev–Trinajstić information content (AvgIpc) is 2.08. The Bertz CT molecular complexity index is 270. The van der Waals surface area contributed by atoms with Crippen molar-refractivity contribution in [3.8, 4) is 0 Å². The number of nitrogens with zero attached hydrogens (tertiary/aromatic N) is 1. The summed E-state index contributed by atoms with van der Waals surface area (Å²) in [6.45, 7) is 4.07. The van der Waals surface area contributed by atoms with Crippen molar-refractivity contribution in [2.45, 2.75) is 19.9 Å². The minimum absolute atomic E-state index is 0.261. The molecule has 1 aromatic rings. The molecule has 0 radical (unpaired) electrons. The van der Waals surface area contributed by atoms with Gasteiger partial charge in [0.05, 0.1) is 0 Å². The van der Waals surface area contributed by atoms with Crippen LogP contribution in [0.4, 0.5) is 5.82 Å². The first-order chi connectivity index (χ1) is 5.65. The summed E-state index contributed by atoms with van der Waals surface area (Å²) in [5.74, 6) is 0.613. The molecule has 66 valence electrons. The van der Waals surface area contributed by atoms with Crippen LogP contribution in [0.2, 0.25) is 0 Å². The van der Waals surface area contributed by atoms with E-state index in [4.69, 9.17) is 5.73 Å². The Morgan fingerprint density at radius 3 is 2.83 bits per heavy atom. The maximum Gasteiger partial charge on any atom is 0.128 e. The third kappa shape index (κ3) is 1.74. The number of hydrogen-bond donors (Lipinski definition) is 2. The maximum absolute atomic E-state index is 5.71. The maximum atomic E-state index is 5.71. The molecule has 12 heavy (non-hydrogen) atoms. The molecule has 1 rings (SSSR count). The first-order valence-corrected chi connectivity index (χ1v) is 4.04. The molecule has 0 aliphatic rings. The molecule has 3 heteroatoms. The predicted octanol–water partition coefficient (Wildman–Crippen LogP) is 1.25. The van der Waals surface area contributed by atoms with Crippen molar-refractivity contribution in [1.29, 1.82) is 0 Å². The number of aryl methyl sites for hydroxylation is 1. The van der Waals surface area contributed by atoms with Gasteiger partial charge in [-0.05, 0) is 32.5 Å². The summed E-state index contributed by atoms with van der Waals surface area (Å²) in [6, 6.07) is 2.32. The molecule has 0 saturated carbocycles. The highest BCUT2D eigenvalue weighted by atomic mass is 14.9. The van der Waals surface area contributed by atoms with E-state index in [0.29, 0.717) is 5.82 Å². The standard InChI is InChI=1S/C9H15N3/c1-6-4-8(7(2)11-3)9(10)12-5-6/h4-5,7,11H,1-3H3,(H2,10,12)/t7-/m0/s1. The Hall–Kier alpha value is -1.09. The molecular weight excluding hydrogens is 150 g/mol. The first-order valence-electron chi connectivity index (χ1n) is 4.04. The van der Waals surface area contributed by atoms with E-state index in [0.717, 1.165) is 11.1 Å². The zero-order valence-corrected chi connectivity index (χ0v) is 7.76. The van der Waals surface area contributed by atoms with E-state index in [1.54, 1.807) is 6.20 Å². The van der Waals surface area contributed by atoms with Crippen LogP contribution in [-0.2, 0) is 0 Å². The van der Waals surface area contributed by atoms with Crippen molar-refractivity contribution in [2.24, 2.45) is 0 Å². The van der Waals surface area contributed by atoms with Gasteiger partial charge in [-0.25, -0.2) is 4.98 Å². The van der Waals surface area contributed by atoms with E-state index >= 15 is 0 Å². The smallest absolute Gasteiger partial charge is 0.128 e. The Labute approximate surface area is 73.0 Å². The number of hydrogen-bond acceptors (Lipinski definition) is 3. The zero-order valence-electron chi connectivity index (χ0n) is 7.76. The SMILES string of the molecule is CN[C@@H](C)c1cc(C)cnc1N. The Balaban J connectivity index is 3.04. The summed E-state index contributed by atoms with van der Waals surface area (Å²) < 4.78 is 0. The molecular formula is C9H15N3. The van der Waals surface area contributed by atoms with E-state index in [-0.39, 0.29) is 6.04 Å². The second-order valence-corrected chi connectivity index (χ2v) is 3.00. The van der Waals surface area contributed by atoms with Crippen LogP contribution in [-0.4, -0.2) is 12.0 Å². The normalized spacial score (nSPS) is 12.9. The van der Waals surface area contributed by atoms with E-state index < -0.39 is 0 Å². The van der Waals surface area contributed by atoms with Gasteiger partial charge in [-0.2, -0.15) is 0 Å². The van der Waals surface area contributed by atoms with Crippen LogP contribution in [0.15, 0.2) is 12.3 Å². The summed E-state index contributed by atoms with van der Waals surface area (Å²) in [4.78, 5) is 4.09. The van der Waals surface area contributed by atoms with Crippen molar-refractivity contribution in [3.63, 3.8) is 0 Å². The van der Waals surface area contributed by atoms with E-state index in [1.807, 2.05) is 14.0 Å². The summed E-state index contributed by atoms with van der Waals surface area (Å²) >= 11 is 0. The number of pyridine rings is 1. The largest absolute Gasteiger partial charge is 0.383 e. The molecule has 3 N–H and O–H groups in total. The topological polar surface area (TPSA) is 50.9 Å². The lowest BCUT2D eigenvalue weighted by Gasteiger charge is -2.12. The third-order valence-corrected chi connectivity index (χ3v) is 1.99. The molecule has 0 saturated heterocycles. The lowest BCUT2D eigenvalue weighted by Crippen LogP contribution is -2.14. The van der Waals surface area contributed by atoms with Gasteiger partial charge in [-0.1, -0.05) is 0 Å². The lowest BCUT2D eigenvalue weighted by molar-refractivity contribution is 0.651. The van der Waals surface area contributed by atoms with Gasteiger partial charge in [0.15, 0.2) is 0 Å². The fourth-order valence-electron chi connectivity index (χ4n) is 1.10. The quantitative estimate of drug-likeness (QED) is 0.693. The Kier molecular flexibility index (Phi) is 2.65. The van der Waals surface area contributed by atoms with Crippen molar-refractivity contribution in [3.05, 3.63) is 23.4 Å². The fourth-order valence-corrected chi connectivity index (χ4v) is 1.10. The number of nitrogen functional groups attached to an aromatic ring is 1. The summed E-state index contributed by atoms with van der Waals surface area (Å²) in [7, 11) is 1.91. The minimum Gasteiger partial charge on any atom is -0.383 e. The van der Waals surface area contributed by atoms with Gasteiger partial charge in [0.2, 0.25) is 0 Å². The molecule has 0 amide bonds. The molecule has 0 aromatic carbocycles. The fraction of sp³-hybridized carbons (Fsp3) is 0.444. The highest BCUT2D eigenvalue weighted by Gasteiger charge is 2.06. The monoisotopic (exact) mass is 165 g/mol. The molecule has 0 unspecified atom stereocenters. The van der Waals surface area contributed by atoms with E-state index in [9.17, 15) is 0 Å². The second kappa shape index (κ2) is 3.54. The number of aromatic nitrogens is 1. The van der Waals surface area contributed by atoms with Crippen molar-refractivity contribution in [1.82, 2.24) is 10.3 Å². The van der Waals surface area contributed by atoms with Gasteiger partial charge in [0.25, 0.3) is 0 Å². The van der Waals surface area contributed by atoms with E-state index in [2.05, 4.69) is 23.3 Å². The van der Waals surface area contributed by atoms with Crippen molar-refractivity contribution < 1.29 is 0 Å². The van der Waals surface area contributed by atoms with Crippen LogP contribution in [0.25, 0.3) is 0 Å². The third-order valence-electron chi connectivity index (χ3n) is 1.99. The van der Waals surface area contributed by atoms with Gasteiger partial charge in [-0.15, -0.1) is 0 Å². The molecule has 0 bridgehead atoms. The van der Waals surface area contributed by atoms with E-state index in [1.165, 1.54) is 0 Å². The van der Waals surface area contributed by atoms with Gasteiger partial charge in [0.1, 0.15) is 5.82 Å². The van der Waals surface area contributed by atoms with Gasteiger partial charge < -0.3 is 11.1 Å². The van der Waals surface area contributed by atoms with Crippen molar-refractivity contribution in [2.75, 3.05) is 12.8 Å². The van der Waals surface area contributed by atoms with Crippen LogP contribution >= 0.6 is 0 Å². The number of rotatable bonds is 2. The predicted molar refractivity (Wildman–Crippen MR) is 50.9 cm³/mol. The van der Waals surface area contributed by atoms with Crippen molar-refractivity contribution >= 4 is 5.82 Å². The number of anilines is 1. The molecule has 0 spiro atoms. The summed E-state index contributed by atoms with van der Waals surface area (Å²) in [5, 5.41) is 3.13. The van der Waals surface area contributed by atoms with Crippen LogP contribution < -0.4 is 11.1 Å². The van der Waals surface area contributed by atoms with Crippen LogP contribution in [0.3, 0.4) is 0 Å². The molecule has 1 aromatic heterocycles. The Morgan fingerprint density at radius 1 is 1.58 bits per heavy atom. The van der Waals surface area contributed by atoms with Gasteiger partial charge >= 0.3 is 0 Å². The zero-order chi connectivity index (χ0) is 9.14. The molecule has 0 fully saturated rings. The first kappa shape index (κ1) is 9.00. The number of nitrogens with one attached hydrogen (secondary N) is 1.